The van der Waals surface area contributed by atoms with Gasteiger partial charge in [-0.2, -0.15) is 0 Å². The quantitative estimate of drug-likeness (QED) is 0.803. The van der Waals surface area contributed by atoms with Crippen LogP contribution in [0.3, 0.4) is 0 Å². The summed E-state index contributed by atoms with van der Waals surface area (Å²) in [5.74, 6) is -1.20. The zero-order chi connectivity index (χ0) is 18.1. The monoisotopic (exact) mass is 346 g/mol. The molecule has 0 bridgehead atoms. The molecule has 2 N–H and O–H groups in total. The first-order valence-electron chi connectivity index (χ1n) is 8.31. The minimum atomic E-state index is -0.802. The van der Waals surface area contributed by atoms with Crippen LogP contribution in [0.5, 0.6) is 5.75 Å². The largest absolute Gasteiger partial charge is 0.497 e. The molecule has 0 aromatic heterocycles. The van der Waals surface area contributed by atoms with Crippen molar-refractivity contribution in [2.24, 2.45) is 17.6 Å². The zero-order valence-corrected chi connectivity index (χ0v) is 14.3. The Morgan fingerprint density at radius 2 is 1.76 bits per heavy atom. The lowest BCUT2D eigenvalue weighted by molar-refractivity contribution is -0.147. The van der Waals surface area contributed by atoms with Crippen molar-refractivity contribution < 1.29 is 23.9 Å². The van der Waals surface area contributed by atoms with Crippen LogP contribution in [0.25, 0.3) is 0 Å². The molecule has 0 radical (unpaired) electrons. The van der Waals surface area contributed by atoms with Crippen molar-refractivity contribution in [3.63, 3.8) is 0 Å². The first kappa shape index (κ1) is 17.3. The van der Waals surface area contributed by atoms with E-state index in [2.05, 4.69) is 0 Å². The third kappa shape index (κ3) is 3.18. The maximum absolute atomic E-state index is 12.8. The summed E-state index contributed by atoms with van der Waals surface area (Å²) in [5.41, 5.74) is 6.29. The van der Waals surface area contributed by atoms with Crippen molar-refractivity contribution in [3.05, 3.63) is 29.8 Å². The van der Waals surface area contributed by atoms with Crippen LogP contribution in [-0.2, 0) is 19.1 Å². The Bertz CT molecular complexity index is 683. The second-order valence-corrected chi connectivity index (χ2v) is 6.52. The molecular formula is C18H22N2O5. The second-order valence-electron chi connectivity index (χ2n) is 6.52. The molecule has 0 spiro atoms. The number of ether oxygens (including phenoxy) is 2. The summed E-state index contributed by atoms with van der Waals surface area (Å²) in [5, 5.41) is 0. The van der Waals surface area contributed by atoms with Gasteiger partial charge < -0.3 is 20.1 Å². The predicted octanol–water partition coefficient (Wildman–Crippen LogP) is 1.02. The Kier molecular flexibility index (Phi) is 4.65. The van der Waals surface area contributed by atoms with Crippen LogP contribution in [0, 0.1) is 11.8 Å². The molecule has 1 aromatic rings. The lowest BCUT2D eigenvalue weighted by Crippen LogP contribution is -2.45. The number of benzene rings is 1. The highest BCUT2D eigenvalue weighted by Gasteiger charge is 2.52. The van der Waals surface area contributed by atoms with Gasteiger partial charge in [-0.3, -0.25) is 14.4 Å². The van der Waals surface area contributed by atoms with Gasteiger partial charge in [0.15, 0.2) is 0 Å². The predicted molar refractivity (Wildman–Crippen MR) is 88.4 cm³/mol. The third-order valence-corrected chi connectivity index (χ3v) is 4.96. The van der Waals surface area contributed by atoms with Gasteiger partial charge in [0.2, 0.25) is 11.8 Å². The maximum atomic E-state index is 12.8. The number of hydrogen-bond acceptors (Lipinski definition) is 5. The molecule has 1 aliphatic carbocycles. The first-order chi connectivity index (χ1) is 12.0. The lowest BCUT2D eigenvalue weighted by Gasteiger charge is -2.30. The van der Waals surface area contributed by atoms with Crippen molar-refractivity contribution in [1.29, 1.82) is 0 Å². The number of amides is 2. The van der Waals surface area contributed by atoms with Gasteiger partial charge in [-0.15, -0.1) is 0 Å². The maximum Gasteiger partial charge on any atom is 0.311 e. The molecule has 1 saturated carbocycles. The Morgan fingerprint density at radius 3 is 2.24 bits per heavy atom. The molecule has 3 rings (SSSR count). The molecule has 1 heterocycles. The van der Waals surface area contributed by atoms with E-state index in [4.69, 9.17) is 15.2 Å². The van der Waals surface area contributed by atoms with E-state index in [9.17, 15) is 14.4 Å². The van der Waals surface area contributed by atoms with Crippen LogP contribution in [0.2, 0.25) is 0 Å². The zero-order valence-electron chi connectivity index (χ0n) is 14.3. The van der Waals surface area contributed by atoms with Crippen molar-refractivity contribution in [3.8, 4) is 5.75 Å². The summed E-state index contributed by atoms with van der Waals surface area (Å²) in [6.07, 6.45) is 1.79. The first-order valence-corrected chi connectivity index (χ1v) is 8.31. The van der Waals surface area contributed by atoms with Crippen molar-refractivity contribution in [2.45, 2.75) is 31.3 Å². The van der Waals surface area contributed by atoms with Gasteiger partial charge in [0.25, 0.3) is 0 Å². The van der Waals surface area contributed by atoms with Gasteiger partial charge in [-0.05, 0) is 37.0 Å². The standard InChI is InChI=1S/C18H22N2O5/c1-24-12-7-5-10(6-8-12)15-13(18(23)25-2)9-14(16(19)21)20(15)17(22)11-3-4-11/h5-8,11,13-15H,3-4,9H2,1-2H3,(H2,19,21). The number of nitrogens with two attached hydrogens (primary N) is 1. The number of carbonyl (C=O) groups excluding carboxylic acids is 3. The van der Waals surface area contributed by atoms with E-state index in [-0.39, 0.29) is 18.2 Å². The number of likely N-dealkylation sites (tertiary alicyclic amines) is 1. The molecule has 1 aromatic carbocycles. The highest BCUT2D eigenvalue weighted by Crippen LogP contribution is 2.45. The Morgan fingerprint density at radius 1 is 1.12 bits per heavy atom. The molecule has 2 amide bonds. The number of primary amides is 1. The molecule has 7 heteroatoms. The molecule has 2 aliphatic rings. The van der Waals surface area contributed by atoms with Gasteiger partial charge in [-0.1, -0.05) is 12.1 Å². The molecule has 2 fully saturated rings. The number of methoxy groups -OCH3 is 2. The number of rotatable bonds is 5. The van der Waals surface area contributed by atoms with Gasteiger partial charge in [0, 0.05) is 5.92 Å². The van der Waals surface area contributed by atoms with E-state index in [1.54, 1.807) is 31.4 Å². The summed E-state index contributed by atoms with van der Waals surface area (Å²) < 4.78 is 10.1. The van der Waals surface area contributed by atoms with Crippen LogP contribution >= 0.6 is 0 Å². The van der Waals surface area contributed by atoms with E-state index in [0.29, 0.717) is 5.75 Å². The highest BCUT2D eigenvalue weighted by atomic mass is 16.5. The van der Waals surface area contributed by atoms with E-state index in [0.717, 1.165) is 18.4 Å². The molecule has 25 heavy (non-hydrogen) atoms. The fourth-order valence-electron chi connectivity index (χ4n) is 3.53. The third-order valence-electron chi connectivity index (χ3n) is 4.96. The number of esters is 1. The minimum absolute atomic E-state index is 0.0843. The van der Waals surface area contributed by atoms with E-state index in [1.807, 2.05) is 0 Å². The van der Waals surface area contributed by atoms with Gasteiger partial charge in [0.1, 0.15) is 11.8 Å². The molecular weight excluding hydrogens is 324 g/mol. The molecule has 1 saturated heterocycles. The normalized spacial score (nSPS) is 25.5. The Hall–Kier alpha value is -2.57. The van der Waals surface area contributed by atoms with Crippen molar-refractivity contribution >= 4 is 17.8 Å². The average Bonchev–Trinajstić information content (AvgIpc) is 3.39. The van der Waals surface area contributed by atoms with Crippen LogP contribution in [0.15, 0.2) is 24.3 Å². The van der Waals surface area contributed by atoms with Crippen molar-refractivity contribution in [1.82, 2.24) is 4.90 Å². The SMILES string of the molecule is COC(=O)C1CC(C(N)=O)N(C(=O)C2CC2)C1c1ccc(OC)cc1. The van der Waals surface area contributed by atoms with Crippen LogP contribution < -0.4 is 10.5 Å². The van der Waals surface area contributed by atoms with E-state index < -0.39 is 29.9 Å². The highest BCUT2D eigenvalue weighted by molar-refractivity contribution is 5.91. The van der Waals surface area contributed by atoms with Gasteiger partial charge in [0.05, 0.1) is 26.2 Å². The van der Waals surface area contributed by atoms with Crippen LogP contribution in [-0.4, -0.2) is 42.9 Å². The molecule has 1 aliphatic heterocycles. The van der Waals surface area contributed by atoms with Crippen LogP contribution in [0.4, 0.5) is 0 Å². The Labute approximate surface area is 146 Å². The molecule has 3 unspecified atom stereocenters. The fraction of sp³-hybridized carbons (Fsp3) is 0.500. The summed E-state index contributed by atoms with van der Waals surface area (Å²) in [7, 11) is 2.87. The van der Waals surface area contributed by atoms with E-state index in [1.165, 1.54) is 12.0 Å². The summed E-state index contributed by atoms with van der Waals surface area (Å²) >= 11 is 0. The number of hydrogen-bond donors (Lipinski definition) is 1. The summed E-state index contributed by atoms with van der Waals surface area (Å²) in [6, 6.07) is 5.77. The number of nitrogens with zero attached hydrogens (tertiary/aromatic N) is 1. The average molecular weight is 346 g/mol. The smallest absolute Gasteiger partial charge is 0.311 e. The molecule has 134 valence electrons. The van der Waals surface area contributed by atoms with Crippen LogP contribution in [0.1, 0.15) is 30.9 Å². The van der Waals surface area contributed by atoms with E-state index >= 15 is 0 Å². The Balaban J connectivity index is 2.02. The summed E-state index contributed by atoms with van der Waals surface area (Å²) in [4.78, 5) is 38.6. The second kappa shape index (κ2) is 6.74. The van der Waals surface area contributed by atoms with Gasteiger partial charge in [-0.25, -0.2) is 0 Å². The van der Waals surface area contributed by atoms with Crippen molar-refractivity contribution in [2.75, 3.05) is 14.2 Å². The lowest BCUT2D eigenvalue weighted by atomic mass is 9.93. The number of carbonyl (C=O) groups is 3. The minimum Gasteiger partial charge on any atom is -0.497 e. The fourth-order valence-corrected chi connectivity index (χ4v) is 3.53. The molecule has 3 atom stereocenters. The topological polar surface area (TPSA) is 98.9 Å². The van der Waals surface area contributed by atoms with Gasteiger partial charge >= 0.3 is 5.97 Å². The summed E-state index contributed by atoms with van der Waals surface area (Å²) in [6.45, 7) is 0. The molecule has 7 nitrogen and oxygen atoms in total.